The third-order valence-electron chi connectivity index (χ3n) is 9.21. The van der Waals surface area contributed by atoms with Crippen LogP contribution in [0.1, 0.15) is 88.7 Å². The first-order valence-electron chi connectivity index (χ1n) is 15.1. The zero-order chi connectivity index (χ0) is 28.3. The lowest BCUT2D eigenvalue weighted by atomic mass is 9.85. The van der Waals surface area contributed by atoms with Crippen LogP contribution in [0.3, 0.4) is 0 Å². The number of rotatable bonds is 5. The summed E-state index contributed by atoms with van der Waals surface area (Å²) < 4.78 is 39.8. The second-order valence-corrected chi connectivity index (χ2v) is 14.7. The molecule has 0 radical (unpaired) electrons. The molecule has 1 N–H and O–H groups in total. The number of sulfone groups is 1. The van der Waals surface area contributed by atoms with E-state index in [0.717, 1.165) is 92.1 Å². The Morgan fingerprint density at radius 1 is 1.05 bits per heavy atom. The van der Waals surface area contributed by atoms with Gasteiger partial charge < -0.3 is 5.32 Å². The Morgan fingerprint density at radius 3 is 2.55 bits per heavy atom. The van der Waals surface area contributed by atoms with Crippen molar-refractivity contribution < 1.29 is 17.6 Å². The van der Waals surface area contributed by atoms with E-state index >= 15 is 4.39 Å². The quantitative estimate of drug-likeness (QED) is 0.429. The molecule has 2 saturated carbocycles. The van der Waals surface area contributed by atoms with Gasteiger partial charge >= 0.3 is 0 Å². The van der Waals surface area contributed by atoms with Crippen LogP contribution >= 0.6 is 0 Å². The molecular formula is C33H43FN2O3S. The predicted molar refractivity (Wildman–Crippen MR) is 160 cm³/mol. The lowest BCUT2D eigenvalue weighted by molar-refractivity contribution is -0.120. The summed E-state index contributed by atoms with van der Waals surface area (Å²) in [5.41, 5.74) is 4.66. The number of amides is 1. The van der Waals surface area contributed by atoms with Crippen molar-refractivity contribution in [2.45, 2.75) is 89.2 Å². The Balaban J connectivity index is 1.34. The van der Waals surface area contributed by atoms with Crippen LogP contribution in [0.5, 0.6) is 0 Å². The lowest BCUT2D eigenvalue weighted by Crippen LogP contribution is -2.34. The Bertz CT molecular complexity index is 1350. The van der Waals surface area contributed by atoms with E-state index < -0.39 is 9.84 Å². The number of fused-ring (bicyclic) bond motifs is 2. The third-order valence-corrected chi connectivity index (χ3v) is 10.9. The van der Waals surface area contributed by atoms with Crippen LogP contribution in [0.15, 0.2) is 52.6 Å². The zero-order valence-corrected chi connectivity index (χ0v) is 24.7. The standard InChI is InChI=1S/C33H43FN2O3S/c1-22-30-20-24(17-18-35-32(22)36-33(37)25-13-14-25)9-6-12-29(30)26-15-16-27(31(34)21-26)19-23-7-3-4-10-28(11-5-8-23)40(2,38)39/h6,9,12,15-16,21,23-25,28H,3-5,7-8,10-11,13-14,17-20H2,1-2H3,(H,35,36,37). The molecule has 0 aromatic heterocycles. The number of carbonyl (C=O) groups is 1. The number of amidine groups is 1. The van der Waals surface area contributed by atoms with E-state index in [1.807, 2.05) is 19.1 Å². The fraction of sp³-hybridized carbons (Fsp3) is 0.576. The summed E-state index contributed by atoms with van der Waals surface area (Å²) >= 11 is 0. The van der Waals surface area contributed by atoms with E-state index in [1.54, 1.807) is 6.07 Å². The average molecular weight is 567 g/mol. The van der Waals surface area contributed by atoms with Crippen LogP contribution in [0.4, 0.5) is 4.39 Å². The highest BCUT2D eigenvalue weighted by molar-refractivity contribution is 7.91. The first-order chi connectivity index (χ1) is 19.2. The molecule has 5 nitrogen and oxygen atoms in total. The van der Waals surface area contributed by atoms with Gasteiger partial charge in [0.2, 0.25) is 5.91 Å². The van der Waals surface area contributed by atoms with E-state index in [9.17, 15) is 13.2 Å². The van der Waals surface area contributed by atoms with Gasteiger partial charge in [-0.05, 0) is 97.6 Å². The molecule has 1 aliphatic heterocycles. The van der Waals surface area contributed by atoms with Crippen molar-refractivity contribution in [2.75, 3.05) is 12.8 Å². The van der Waals surface area contributed by atoms with Crippen molar-refractivity contribution in [2.24, 2.45) is 22.7 Å². The van der Waals surface area contributed by atoms with Crippen LogP contribution in [0.2, 0.25) is 0 Å². The minimum absolute atomic E-state index is 0.0558. The Hall–Kier alpha value is -2.54. The maximum atomic E-state index is 15.6. The molecule has 3 atom stereocenters. The summed E-state index contributed by atoms with van der Waals surface area (Å²) in [5.74, 6) is 1.36. The number of aliphatic imine (C=N–C) groups is 1. The van der Waals surface area contributed by atoms with Crippen molar-refractivity contribution in [1.82, 2.24) is 5.32 Å². The van der Waals surface area contributed by atoms with E-state index in [1.165, 1.54) is 6.26 Å². The molecule has 4 aliphatic rings. The van der Waals surface area contributed by atoms with Crippen molar-refractivity contribution >= 4 is 27.2 Å². The van der Waals surface area contributed by atoms with Gasteiger partial charge in [-0.25, -0.2) is 12.8 Å². The molecule has 5 rings (SSSR count). The molecule has 1 aromatic rings. The molecule has 3 unspecified atom stereocenters. The van der Waals surface area contributed by atoms with Gasteiger partial charge in [-0.3, -0.25) is 9.79 Å². The molecule has 0 spiro atoms. The van der Waals surface area contributed by atoms with Gasteiger partial charge in [0.05, 0.1) is 5.25 Å². The Labute approximate surface area is 239 Å². The van der Waals surface area contributed by atoms with E-state index in [0.29, 0.717) is 37.1 Å². The number of allylic oxidation sites excluding steroid dienone is 5. The summed E-state index contributed by atoms with van der Waals surface area (Å²) in [6.07, 6.45) is 18.2. The highest BCUT2D eigenvalue weighted by atomic mass is 32.2. The number of nitrogens with one attached hydrogen (secondary N) is 1. The van der Waals surface area contributed by atoms with Crippen LogP contribution in [-0.4, -0.2) is 38.2 Å². The van der Waals surface area contributed by atoms with Crippen LogP contribution in [0, 0.1) is 23.6 Å². The second-order valence-electron chi connectivity index (χ2n) is 12.4. The van der Waals surface area contributed by atoms with Gasteiger partial charge in [-0.15, -0.1) is 0 Å². The van der Waals surface area contributed by atoms with Crippen molar-refractivity contribution in [3.05, 3.63) is 64.5 Å². The number of nitrogens with zero attached hydrogens (tertiary/aromatic N) is 1. The largest absolute Gasteiger partial charge is 0.311 e. The first-order valence-corrected chi connectivity index (χ1v) is 17.1. The van der Waals surface area contributed by atoms with Crippen molar-refractivity contribution in [3.8, 4) is 0 Å². The maximum absolute atomic E-state index is 15.6. The predicted octanol–water partition coefficient (Wildman–Crippen LogP) is 6.75. The number of benzene rings is 1. The molecule has 1 aromatic carbocycles. The van der Waals surface area contributed by atoms with Crippen LogP contribution in [0.25, 0.3) is 5.57 Å². The minimum Gasteiger partial charge on any atom is -0.311 e. The van der Waals surface area contributed by atoms with Gasteiger partial charge in [0, 0.05) is 18.7 Å². The maximum Gasteiger partial charge on any atom is 0.228 e. The molecular weight excluding hydrogens is 523 g/mol. The number of hydrogen-bond acceptors (Lipinski definition) is 4. The van der Waals surface area contributed by atoms with Gasteiger partial charge in [0.1, 0.15) is 21.5 Å². The summed E-state index contributed by atoms with van der Waals surface area (Å²) in [7, 11) is -3.01. The van der Waals surface area contributed by atoms with E-state index in [4.69, 9.17) is 4.99 Å². The summed E-state index contributed by atoms with van der Waals surface area (Å²) in [6, 6.07) is 5.64. The molecule has 1 heterocycles. The summed E-state index contributed by atoms with van der Waals surface area (Å²) in [4.78, 5) is 17.3. The molecule has 1 amide bonds. The Morgan fingerprint density at radius 2 is 1.80 bits per heavy atom. The zero-order valence-electron chi connectivity index (χ0n) is 23.9. The SMILES string of the molecule is CC1=C2CC(C=CC=C2c2ccc(CC3CCCCC(S(C)(=O)=O)CCC3)c(F)c2)CCN=C1NC(=O)C1CC1. The van der Waals surface area contributed by atoms with E-state index in [-0.39, 0.29) is 22.9 Å². The average Bonchev–Trinajstić information content (AvgIpc) is 3.75. The topological polar surface area (TPSA) is 75.6 Å². The smallest absolute Gasteiger partial charge is 0.228 e. The molecule has 2 fully saturated rings. The van der Waals surface area contributed by atoms with Crippen molar-refractivity contribution in [1.29, 1.82) is 0 Å². The summed E-state index contributed by atoms with van der Waals surface area (Å²) in [5, 5.41) is 2.85. The molecule has 216 valence electrons. The highest BCUT2D eigenvalue weighted by Gasteiger charge is 2.31. The second kappa shape index (κ2) is 12.5. The highest BCUT2D eigenvalue weighted by Crippen LogP contribution is 2.37. The number of carbonyl (C=O) groups excluding carboxylic acids is 1. The molecule has 2 bridgehead atoms. The summed E-state index contributed by atoms with van der Waals surface area (Å²) in [6.45, 7) is 2.70. The molecule has 0 saturated heterocycles. The fourth-order valence-corrected chi connectivity index (χ4v) is 7.72. The van der Waals surface area contributed by atoms with Crippen LogP contribution in [-0.2, 0) is 21.1 Å². The normalized spacial score (nSPS) is 26.3. The van der Waals surface area contributed by atoms with Gasteiger partial charge in [0.25, 0.3) is 0 Å². The monoisotopic (exact) mass is 566 g/mol. The third kappa shape index (κ3) is 7.20. The fourth-order valence-electron chi connectivity index (χ4n) is 6.53. The molecule has 40 heavy (non-hydrogen) atoms. The van der Waals surface area contributed by atoms with Gasteiger partial charge in [-0.2, -0.15) is 0 Å². The van der Waals surface area contributed by atoms with Crippen molar-refractivity contribution in [3.63, 3.8) is 0 Å². The van der Waals surface area contributed by atoms with Crippen LogP contribution < -0.4 is 5.32 Å². The van der Waals surface area contributed by atoms with Gasteiger partial charge in [0.15, 0.2) is 0 Å². The number of hydrogen-bond donors (Lipinski definition) is 1. The molecule has 7 heteroatoms. The Kier molecular flexibility index (Phi) is 9.08. The molecule has 3 aliphatic carbocycles. The first kappa shape index (κ1) is 29.0. The van der Waals surface area contributed by atoms with Gasteiger partial charge in [-0.1, -0.05) is 62.5 Å². The lowest BCUT2D eigenvalue weighted by Gasteiger charge is -2.23. The number of halogens is 1. The minimum atomic E-state index is -3.01. The van der Waals surface area contributed by atoms with E-state index in [2.05, 4.69) is 23.5 Å².